The predicted molar refractivity (Wildman–Crippen MR) is 116 cm³/mol. The number of amides is 1. The number of benzene rings is 2. The highest BCUT2D eigenvalue weighted by Gasteiger charge is 2.29. The maximum Gasteiger partial charge on any atom is 0.243 e. The van der Waals surface area contributed by atoms with Crippen LogP contribution in [-0.2, 0) is 14.8 Å². The molecule has 2 rings (SSSR count). The first-order valence-corrected chi connectivity index (χ1v) is 11.2. The lowest BCUT2D eigenvalue weighted by Gasteiger charge is -2.29. The number of hydrogen-bond acceptors (Lipinski definition) is 4. The third-order valence-electron chi connectivity index (χ3n) is 4.13. The molecule has 0 bridgehead atoms. The van der Waals surface area contributed by atoms with Crippen LogP contribution < -0.4 is 14.5 Å². The molecule has 0 unspecified atom stereocenters. The number of para-hydroxylation sites is 1. The van der Waals surface area contributed by atoms with Gasteiger partial charge in [0.1, 0.15) is 6.04 Å². The predicted octanol–water partition coefficient (Wildman–Crippen LogP) is 3.40. The maximum absolute atomic E-state index is 12.6. The van der Waals surface area contributed by atoms with E-state index in [-0.39, 0.29) is 15.7 Å². The zero-order valence-corrected chi connectivity index (χ0v) is 18.2. The average molecular weight is 444 g/mol. The van der Waals surface area contributed by atoms with Crippen LogP contribution >= 0.6 is 23.2 Å². The minimum atomic E-state index is -3.74. The van der Waals surface area contributed by atoms with E-state index in [1.165, 1.54) is 25.1 Å². The molecule has 2 aromatic rings. The molecule has 0 radical (unpaired) electrons. The molecule has 0 saturated carbocycles. The summed E-state index contributed by atoms with van der Waals surface area (Å²) in [6, 6.07) is 13.2. The smallest absolute Gasteiger partial charge is 0.243 e. The van der Waals surface area contributed by atoms with Crippen LogP contribution in [0.5, 0.6) is 0 Å². The Morgan fingerprint density at radius 3 is 2.18 bits per heavy atom. The maximum atomic E-state index is 12.6. The molecule has 1 atom stereocenters. The van der Waals surface area contributed by atoms with Crippen molar-refractivity contribution in [1.29, 1.82) is 0 Å². The molecule has 152 valence electrons. The summed E-state index contributed by atoms with van der Waals surface area (Å²) in [4.78, 5) is 14.6. The molecule has 0 heterocycles. The summed E-state index contributed by atoms with van der Waals surface area (Å²) < 4.78 is 25.7. The van der Waals surface area contributed by atoms with E-state index in [0.717, 1.165) is 16.2 Å². The van der Waals surface area contributed by atoms with Crippen molar-refractivity contribution in [3.05, 3.63) is 58.6 Å². The average Bonchev–Trinajstić information content (AvgIpc) is 2.60. The van der Waals surface area contributed by atoms with Gasteiger partial charge in [-0.15, -0.1) is 0 Å². The van der Waals surface area contributed by atoms with Gasteiger partial charge >= 0.3 is 0 Å². The van der Waals surface area contributed by atoms with Crippen molar-refractivity contribution in [1.82, 2.24) is 5.32 Å². The molecule has 0 saturated heterocycles. The monoisotopic (exact) mass is 443 g/mol. The van der Waals surface area contributed by atoms with Gasteiger partial charge in [-0.05, 0) is 37.3 Å². The lowest BCUT2D eigenvalue weighted by Crippen LogP contribution is -2.49. The van der Waals surface area contributed by atoms with Gasteiger partial charge in [-0.25, -0.2) is 8.42 Å². The van der Waals surface area contributed by atoms with Gasteiger partial charge in [0, 0.05) is 35.9 Å². The first-order chi connectivity index (χ1) is 13.1. The third kappa shape index (κ3) is 6.02. The Kier molecular flexibility index (Phi) is 7.57. The van der Waals surface area contributed by atoms with E-state index in [1.807, 2.05) is 42.3 Å². The van der Waals surface area contributed by atoms with E-state index in [1.54, 1.807) is 0 Å². The van der Waals surface area contributed by atoms with Gasteiger partial charge in [0.05, 0.1) is 11.9 Å². The van der Waals surface area contributed by atoms with Crippen molar-refractivity contribution in [2.45, 2.75) is 13.0 Å². The minimum absolute atomic E-state index is 0.240. The van der Waals surface area contributed by atoms with E-state index in [2.05, 4.69) is 5.32 Å². The number of likely N-dealkylation sites (N-methyl/N-ethyl adjacent to an activating group) is 1. The second-order valence-corrected chi connectivity index (χ2v) is 9.14. The van der Waals surface area contributed by atoms with Crippen LogP contribution in [0.3, 0.4) is 0 Å². The van der Waals surface area contributed by atoms with Crippen molar-refractivity contribution in [2.75, 3.05) is 35.6 Å². The van der Waals surface area contributed by atoms with Crippen LogP contribution in [0.4, 0.5) is 11.4 Å². The molecule has 0 spiro atoms. The fourth-order valence-corrected chi connectivity index (χ4v) is 4.45. The Hall–Kier alpha value is -1.96. The summed E-state index contributed by atoms with van der Waals surface area (Å²) in [5.41, 5.74) is 1.26. The highest BCUT2D eigenvalue weighted by molar-refractivity contribution is 7.92. The zero-order valence-electron chi connectivity index (χ0n) is 15.9. The first kappa shape index (κ1) is 22.3. The summed E-state index contributed by atoms with van der Waals surface area (Å²) in [5.74, 6) is -0.414. The van der Waals surface area contributed by atoms with Gasteiger partial charge in [0.2, 0.25) is 15.9 Å². The SMILES string of the molecule is C[C@H](C(=O)NCCN(C)c1ccccc1)N(c1cc(Cl)cc(Cl)c1)S(C)(=O)=O. The van der Waals surface area contributed by atoms with E-state index < -0.39 is 22.0 Å². The van der Waals surface area contributed by atoms with Gasteiger partial charge in [-0.3, -0.25) is 9.10 Å². The Bertz CT molecular complexity index is 903. The molecule has 9 heteroatoms. The van der Waals surface area contributed by atoms with Gasteiger partial charge in [0.25, 0.3) is 0 Å². The number of carbonyl (C=O) groups excluding carboxylic acids is 1. The van der Waals surface area contributed by atoms with Gasteiger partial charge < -0.3 is 10.2 Å². The minimum Gasteiger partial charge on any atom is -0.373 e. The fourth-order valence-electron chi connectivity index (χ4n) is 2.78. The molecule has 0 fully saturated rings. The summed E-state index contributed by atoms with van der Waals surface area (Å²) in [6.45, 7) is 2.46. The Morgan fingerprint density at radius 2 is 1.64 bits per heavy atom. The normalized spacial score (nSPS) is 12.3. The number of nitrogens with zero attached hydrogens (tertiary/aromatic N) is 2. The fraction of sp³-hybridized carbons (Fsp3) is 0.316. The number of halogens is 2. The summed E-state index contributed by atoms with van der Waals surface area (Å²) in [5, 5.41) is 3.35. The third-order valence-corrected chi connectivity index (χ3v) is 5.81. The van der Waals surface area contributed by atoms with Gasteiger partial charge in [-0.2, -0.15) is 0 Å². The first-order valence-electron chi connectivity index (χ1n) is 8.59. The number of carbonyl (C=O) groups is 1. The molecule has 6 nitrogen and oxygen atoms in total. The van der Waals surface area contributed by atoms with Crippen LogP contribution in [0.1, 0.15) is 6.92 Å². The van der Waals surface area contributed by atoms with Gasteiger partial charge in [0.15, 0.2) is 0 Å². The zero-order chi connectivity index (χ0) is 20.9. The summed E-state index contributed by atoms with van der Waals surface area (Å²) in [6.07, 6.45) is 1.04. The second-order valence-electron chi connectivity index (χ2n) is 6.41. The van der Waals surface area contributed by atoms with E-state index in [9.17, 15) is 13.2 Å². The van der Waals surface area contributed by atoms with Crippen LogP contribution in [0, 0.1) is 0 Å². The van der Waals surface area contributed by atoms with Crippen LogP contribution in [0.15, 0.2) is 48.5 Å². The lowest BCUT2D eigenvalue weighted by molar-refractivity contribution is -0.121. The quantitative estimate of drug-likeness (QED) is 0.678. The summed E-state index contributed by atoms with van der Waals surface area (Å²) >= 11 is 12.0. The second kappa shape index (κ2) is 9.49. The molecule has 0 aliphatic heterocycles. The molecule has 2 aromatic carbocycles. The Labute approximate surface area is 176 Å². The molecule has 0 aliphatic carbocycles. The number of hydrogen-bond donors (Lipinski definition) is 1. The van der Waals surface area contributed by atoms with Crippen molar-refractivity contribution >= 4 is 50.5 Å². The standard InChI is InChI=1S/C19H23Cl2N3O3S/c1-14(19(25)22-9-10-23(2)17-7-5-4-6-8-17)24(28(3,26)27)18-12-15(20)11-16(21)13-18/h4-8,11-14H,9-10H2,1-3H3,(H,22,25)/t14-/m1/s1. The Morgan fingerprint density at radius 1 is 1.07 bits per heavy atom. The van der Waals surface area contributed by atoms with Crippen molar-refractivity contribution in [2.24, 2.45) is 0 Å². The van der Waals surface area contributed by atoms with Crippen molar-refractivity contribution in [3.8, 4) is 0 Å². The van der Waals surface area contributed by atoms with E-state index in [0.29, 0.717) is 13.1 Å². The molecular weight excluding hydrogens is 421 g/mol. The Balaban J connectivity index is 2.07. The van der Waals surface area contributed by atoms with Crippen molar-refractivity contribution in [3.63, 3.8) is 0 Å². The molecule has 28 heavy (non-hydrogen) atoms. The topological polar surface area (TPSA) is 69.7 Å². The van der Waals surface area contributed by atoms with Crippen LogP contribution in [-0.4, -0.2) is 46.8 Å². The lowest BCUT2D eigenvalue weighted by atomic mass is 10.2. The van der Waals surface area contributed by atoms with E-state index in [4.69, 9.17) is 23.2 Å². The highest BCUT2D eigenvalue weighted by Crippen LogP contribution is 2.28. The molecule has 1 amide bonds. The molecule has 1 N–H and O–H groups in total. The molecule has 0 aromatic heterocycles. The van der Waals surface area contributed by atoms with Gasteiger partial charge in [-0.1, -0.05) is 41.4 Å². The summed E-state index contributed by atoms with van der Waals surface area (Å²) in [7, 11) is -1.82. The molecular formula is C19H23Cl2N3O3S. The van der Waals surface area contributed by atoms with E-state index >= 15 is 0 Å². The van der Waals surface area contributed by atoms with Crippen LogP contribution in [0.2, 0.25) is 10.0 Å². The number of sulfonamides is 1. The number of nitrogens with one attached hydrogen (secondary N) is 1. The van der Waals surface area contributed by atoms with Crippen LogP contribution in [0.25, 0.3) is 0 Å². The largest absolute Gasteiger partial charge is 0.373 e. The number of anilines is 2. The number of rotatable bonds is 8. The highest BCUT2D eigenvalue weighted by atomic mass is 35.5. The van der Waals surface area contributed by atoms with Crippen molar-refractivity contribution < 1.29 is 13.2 Å². The molecule has 0 aliphatic rings.